The van der Waals surface area contributed by atoms with Gasteiger partial charge in [0.25, 0.3) is 0 Å². The van der Waals surface area contributed by atoms with Crippen LogP contribution in [0.3, 0.4) is 0 Å². The first-order chi connectivity index (χ1) is 10.0. The van der Waals surface area contributed by atoms with E-state index in [9.17, 15) is 9.50 Å². The number of aromatic nitrogens is 2. The molecule has 5 heteroatoms. The van der Waals surface area contributed by atoms with Crippen LogP contribution in [0.25, 0.3) is 0 Å². The van der Waals surface area contributed by atoms with E-state index in [0.717, 1.165) is 18.5 Å². The molecule has 0 amide bonds. The molecule has 0 spiro atoms. The summed E-state index contributed by atoms with van der Waals surface area (Å²) in [7, 11) is 0. The van der Waals surface area contributed by atoms with E-state index < -0.39 is 11.9 Å². The molecule has 0 radical (unpaired) electrons. The van der Waals surface area contributed by atoms with E-state index in [1.165, 1.54) is 18.2 Å². The van der Waals surface area contributed by atoms with Crippen molar-refractivity contribution in [2.75, 3.05) is 0 Å². The van der Waals surface area contributed by atoms with Gasteiger partial charge in [-0.25, -0.2) is 4.39 Å². The molecule has 2 rings (SSSR count). The Labute approximate surface area is 129 Å². The van der Waals surface area contributed by atoms with Crippen LogP contribution in [0, 0.1) is 5.82 Å². The highest BCUT2D eigenvalue weighted by molar-refractivity contribution is 6.30. The van der Waals surface area contributed by atoms with Crippen LogP contribution in [0.2, 0.25) is 5.02 Å². The number of rotatable bonds is 6. The number of aliphatic hydroxyl groups is 1. The van der Waals surface area contributed by atoms with Crippen LogP contribution in [-0.2, 0) is 6.42 Å². The molecule has 0 saturated heterocycles. The van der Waals surface area contributed by atoms with Gasteiger partial charge < -0.3 is 5.11 Å². The van der Waals surface area contributed by atoms with Gasteiger partial charge in [0.1, 0.15) is 5.82 Å². The summed E-state index contributed by atoms with van der Waals surface area (Å²) in [5.41, 5.74) is 0.952. The molecule has 0 bridgehead atoms. The van der Waals surface area contributed by atoms with Crippen LogP contribution in [0.15, 0.2) is 30.5 Å². The third-order valence-corrected chi connectivity index (χ3v) is 3.93. The molecule has 21 heavy (non-hydrogen) atoms. The minimum atomic E-state index is -0.950. The Morgan fingerprint density at radius 3 is 2.67 bits per heavy atom. The van der Waals surface area contributed by atoms with E-state index in [4.69, 9.17) is 11.6 Å². The van der Waals surface area contributed by atoms with Gasteiger partial charge >= 0.3 is 0 Å². The number of benzene rings is 1. The molecule has 1 atom stereocenters. The van der Waals surface area contributed by atoms with E-state index in [-0.39, 0.29) is 12.0 Å². The summed E-state index contributed by atoms with van der Waals surface area (Å²) in [6, 6.07) is 6.42. The summed E-state index contributed by atoms with van der Waals surface area (Å²) in [5.74, 6) is -0.452. The maximum atomic E-state index is 13.7. The van der Waals surface area contributed by atoms with Gasteiger partial charge in [0.2, 0.25) is 0 Å². The summed E-state index contributed by atoms with van der Waals surface area (Å²) in [6.07, 6.45) is 3.23. The van der Waals surface area contributed by atoms with E-state index in [1.807, 2.05) is 16.9 Å². The third-order valence-electron chi connectivity index (χ3n) is 3.70. The molecule has 114 valence electrons. The van der Waals surface area contributed by atoms with Gasteiger partial charge in [0.15, 0.2) is 0 Å². The van der Waals surface area contributed by atoms with Gasteiger partial charge in [0, 0.05) is 23.2 Å². The van der Waals surface area contributed by atoms with Gasteiger partial charge in [0.05, 0.1) is 17.8 Å². The maximum Gasteiger partial charge on any atom is 0.129 e. The van der Waals surface area contributed by atoms with Crippen molar-refractivity contribution in [1.82, 2.24) is 9.78 Å². The average molecular weight is 311 g/mol. The zero-order valence-corrected chi connectivity index (χ0v) is 13.0. The van der Waals surface area contributed by atoms with Crippen molar-refractivity contribution in [3.05, 3.63) is 52.6 Å². The van der Waals surface area contributed by atoms with Gasteiger partial charge in [-0.15, -0.1) is 0 Å². The van der Waals surface area contributed by atoms with Gasteiger partial charge in [-0.05, 0) is 37.1 Å². The minimum absolute atomic E-state index is 0.208. The topological polar surface area (TPSA) is 38.0 Å². The van der Waals surface area contributed by atoms with E-state index >= 15 is 0 Å². The number of halogens is 2. The zero-order valence-electron chi connectivity index (χ0n) is 12.3. The first-order valence-corrected chi connectivity index (χ1v) is 7.60. The van der Waals surface area contributed by atoms with Gasteiger partial charge in [-0.1, -0.05) is 25.4 Å². The highest BCUT2D eigenvalue weighted by Gasteiger charge is 2.16. The monoisotopic (exact) mass is 310 g/mol. The first kappa shape index (κ1) is 16.0. The van der Waals surface area contributed by atoms with E-state index in [1.54, 1.807) is 0 Å². The van der Waals surface area contributed by atoms with Crippen molar-refractivity contribution in [2.45, 2.75) is 45.3 Å². The number of aliphatic hydroxyl groups excluding tert-OH is 1. The molecule has 0 aliphatic carbocycles. The average Bonchev–Trinajstić information content (AvgIpc) is 2.91. The van der Waals surface area contributed by atoms with Crippen molar-refractivity contribution in [3.8, 4) is 0 Å². The molecule has 1 aromatic carbocycles. The maximum absolute atomic E-state index is 13.7. The second-order valence-electron chi connectivity index (χ2n) is 5.14. The van der Waals surface area contributed by atoms with Gasteiger partial charge in [-0.3, -0.25) is 4.68 Å². The Morgan fingerprint density at radius 1 is 1.29 bits per heavy atom. The fraction of sp³-hybridized carbons (Fsp3) is 0.438. The van der Waals surface area contributed by atoms with Crippen LogP contribution < -0.4 is 0 Å². The number of nitrogens with zero attached hydrogens (tertiary/aromatic N) is 2. The van der Waals surface area contributed by atoms with E-state index in [0.29, 0.717) is 11.1 Å². The van der Waals surface area contributed by atoms with Crippen LogP contribution in [0.4, 0.5) is 4.39 Å². The summed E-state index contributed by atoms with van der Waals surface area (Å²) < 4.78 is 15.6. The summed E-state index contributed by atoms with van der Waals surface area (Å²) in [5, 5.41) is 15.1. The van der Waals surface area contributed by atoms with Crippen LogP contribution >= 0.6 is 11.6 Å². The molecule has 0 aliphatic heterocycles. The predicted molar refractivity (Wildman–Crippen MR) is 81.9 cm³/mol. The Hall–Kier alpha value is -1.39. The Balaban J connectivity index is 2.12. The van der Waals surface area contributed by atoms with Crippen LogP contribution in [0.5, 0.6) is 0 Å². The second kappa shape index (κ2) is 7.05. The standard InChI is InChI=1S/C16H20ClFN2O/c1-3-13(4-2)20-8-7-12(19-20)10-16(21)14-9-11(17)5-6-15(14)18/h5-9,13,16,21H,3-4,10H2,1-2H3. The Morgan fingerprint density at radius 2 is 2.00 bits per heavy atom. The molecule has 2 aromatic rings. The molecular formula is C16H20ClFN2O. The predicted octanol–water partition coefficient (Wildman–Crippen LogP) is 4.31. The largest absolute Gasteiger partial charge is 0.388 e. The smallest absolute Gasteiger partial charge is 0.129 e. The van der Waals surface area contributed by atoms with Crippen LogP contribution in [-0.4, -0.2) is 14.9 Å². The van der Waals surface area contributed by atoms with Crippen molar-refractivity contribution in [3.63, 3.8) is 0 Å². The van der Waals surface area contributed by atoms with E-state index in [2.05, 4.69) is 18.9 Å². The minimum Gasteiger partial charge on any atom is -0.388 e. The van der Waals surface area contributed by atoms with Crippen molar-refractivity contribution < 1.29 is 9.50 Å². The van der Waals surface area contributed by atoms with Crippen LogP contribution in [0.1, 0.15) is 50.1 Å². The third kappa shape index (κ3) is 3.83. The molecule has 1 unspecified atom stereocenters. The summed E-state index contributed by atoms with van der Waals surface area (Å²) in [4.78, 5) is 0. The molecule has 3 nitrogen and oxygen atoms in total. The lowest BCUT2D eigenvalue weighted by molar-refractivity contribution is 0.172. The van der Waals surface area contributed by atoms with Crippen molar-refractivity contribution >= 4 is 11.6 Å². The molecule has 1 heterocycles. The van der Waals surface area contributed by atoms with Crippen molar-refractivity contribution in [1.29, 1.82) is 0 Å². The normalized spacial score (nSPS) is 12.9. The molecule has 1 aromatic heterocycles. The summed E-state index contributed by atoms with van der Waals surface area (Å²) in [6.45, 7) is 4.23. The first-order valence-electron chi connectivity index (χ1n) is 7.22. The quantitative estimate of drug-likeness (QED) is 0.863. The highest BCUT2D eigenvalue weighted by Crippen LogP contribution is 2.24. The fourth-order valence-electron chi connectivity index (χ4n) is 2.43. The Bertz CT molecular complexity index is 596. The molecule has 0 fully saturated rings. The zero-order chi connectivity index (χ0) is 15.4. The molecule has 1 N–H and O–H groups in total. The SMILES string of the molecule is CCC(CC)n1ccc(CC(O)c2cc(Cl)ccc2F)n1. The van der Waals surface area contributed by atoms with Gasteiger partial charge in [-0.2, -0.15) is 5.10 Å². The summed E-state index contributed by atoms with van der Waals surface area (Å²) >= 11 is 5.85. The number of hydrogen-bond acceptors (Lipinski definition) is 2. The number of hydrogen-bond donors (Lipinski definition) is 1. The molecular weight excluding hydrogens is 291 g/mol. The molecule has 0 aliphatic rings. The second-order valence-corrected chi connectivity index (χ2v) is 5.58. The fourth-order valence-corrected chi connectivity index (χ4v) is 2.61. The lowest BCUT2D eigenvalue weighted by Gasteiger charge is -2.13. The molecule has 0 saturated carbocycles. The van der Waals surface area contributed by atoms with Crippen molar-refractivity contribution in [2.24, 2.45) is 0 Å². The highest BCUT2D eigenvalue weighted by atomic mass is 35.5. The lowest BCUT2D eigenvalue weighted by Crippen LogP contribution is -2.09. The Kier molecular flexibility index (Phi) is 5.37. The lowest BCUT2D eigenvalue weighted by atomic mass is 10.0.